The maximum Gasteiger partial charge on any atom is 0.332 e. The number of nitrogens with zero attached hydrogens (tertiary/aromatic N) is 4. The number of rotatable bonds is 5. The summed E-state index contributed by atoms with van der Waals surface area (Å²) in [5, 5.41) is 2.65. The van der Waals surface area contributed by atoms with E-state index in [1.54, 1.807) is 25.4 Å². The van der Waals surface area contributed by atoms with Gasteiger partial charge in [-0.3, -0.25) is 14.6 Å². The van der Waals surface area contributed by atoms with E-state index in [2.05, 4.69) is 33.1 Å². The van der Waals surface area contributed by atoms with Crippen molar-refractivity contribution in [1.29, 1.82) is 0 Å². The van der Waals surface area contributed by atoms with Gasteiger partial charge in [-0.1, -0.05) is 12.8 Å². The number of carbonyl (C=O) groups excluding carboxylic acids is 1. The lowest BCUT2D eigenvalue weighted by Gasteiger charge is -2.13. The van der Waals surface area contributed by atoms with Crippen LogP contribution < -0.4 is 5.32 Å². The van der Waals surface area contributed by atoms with Crippen molar-refractivity contribution in [1.82, 2.24) is 19.3 Å². The highest BCUT2D eigenvalue weighted by Crippen LogP contribution is 2.12. The maximum atomic E-state index is 11.7. The van der Waals surface area contributed by atoms with E-state index in [0.29, 0.717) is 36.6 Å². The molecular formula is C13H17N5O2S. The minimum absolute atomic E-state index is 0.337. The second-order valence-corrected chi connectivity index (χ2v) is 4.77. The van der Waals surface area contributed by atoms with Crippen LogP contribution in [0.4, 0.5) is 10.6 Å². The molecule has 0 aromatic carbocycles. The van der Waals surface area contributed by atoms with Gasteiger partial charge in [0.2, 0.25) is 0 Å². The Bertz CT molecular complexity index is 637. The largest absolute Gasteiger partial charge is 0.384 e. The minimum Gasteiger partial charge on any atom is -0.384 e. The van der Waals surface area contributed by atoms with E-state index in [0.717, 1.165) is 5.69 Å². The monoisotopic (exact) mass is 307 g/mol. The quantitative estimate of drug-likeness (QED) is 0.825. The molecule has 0 aliphatic carbocycles. The number of urea groups is 1. The third-order valence-corrected chi connectivity index (χ3v) is 3.25. The molecule has 2 aromatic rings. The van der Waals surface area contributed by atoms with Crippen LogP contribution in [0.2, 0.25) is 0 Å². The number of hydrogen-bond acceptors (Lipinski definition) is 6. The molecule has 0 unspecified atom stereocenters. The summed E-state index contributed by atoms with van der Waals surface area (Å²) in [6, 6.07) is 3.11. The number of fused-ring (bicyclic) bond motifs is 1. The molecule has 2 heterocycles. The first-order chi connectivity index (χ1) is 10.1. The fraction of sp³-hybridized carbons (Fsp3) is 0.385. The number of thiol groups is 1. The zero-order valence-electron chi connectivity index (χ0n) is 11.9. The van der Waals surface area contributed by atoms with Gasteiger partial charge >= 0.3 is 6.03 Å². The van der Waals surface area contributed by atoms with Gasteiger partial charge in [-0.15, -0.1) is 0 Å². The third kappa shape index (κ3) is 4.02. The van der Waals surface area contributed by atoms with Crippen molar-refractivity contribution in [2.24, 2.45) is 0 Å². The van der Waals surface area contributed by atoms with Gasteiger partial charge in [0, 0.05) is 26.3 Å². The van der Waals surface area contributed by atoms with Gasteiger partial charge in [-0.05, 0) is 19.1 Å². The van der Waals surface area contributed by atoms with Crippen LogP contribution >= 0.6 is 12.8 Å². The Morgan fingerprint density at radius 1 is 1.43 bits per heavy atom. The molecule has 0 saturated carbocycles. The van der Waals surface area contributed by atoms with Crippen LogP contribution in [0.5, 0.6) is 0 Å². The number of pyridine rings is 1. The van der Waals surface area contributed by atoms with Gasteiger partial charge < -0.3 is 4.74 Å². The molecule has 0 fully saturated rings. The van der Waals surface area contributed by atoms with E-state index in [1.165, 1.54) is 4.31 Å². The molecule has 1 N–H and O–H groups in total. The lowest BCUT2D eigenvalue weighted by molar-refractivity contribution is 0.201. The number of hydrogen-bond donors (Lipinski definition) is 2. The van der Waals surface area contributed by atoms with Crippen LogP contribution in [0, 0.1) is 0 Å². The standard InChI is InChI=1S/C13H17N5O2S/c1-3-18(21)13(19)17-11-5-4-10-12(16-11)15-9(8-14-10)6-7-20-2/h4-5,8,21H,3,6-7H2,1-2H3,(H,15,16,17,19). The first-order valence-corrected chi connectivity index (χ1v) is 6.93. The summed E-state index contributed by atoms with van der Waals surface area (Å²) in [5.74, 6) is 0.415. The van der Waals surface area contributed by atoms with Gasteiger partial charge in [0.25, 0.3) is 0 Å². The average Bonchev–Trinajstić information content (AvgIpc) is 2.51. The number of methoxy groups -OCH3 is 1. The molecule has 0 atom stereocenters. The van der Waals surface area contributed by atoms with Crippen LogP contribution in [-0.4, -0.2) is 45.5 Å². The van der Waals surface area contributed by atoms with Crippen molar-refractivity contribution in [3.63, 3.8) is 0 Å². The summed E-state index contributed by atoms with van der Waals surface area (Å²) in [7, 11) is 1.64. The molecule has 0 spiro atoms. The highest BCUT2D eigenvalue weighted by molar-refractivity contribution is 7.78. The van der Waals surface area contributed by atoms with Gasteiger partial charge in [0.15, 0.2) is 5.65 Å². The second kappa shape index (κ2) is 7.19. The molecule has 0 aliphatic heterocycles. The number of ether oxygens (including phenoxy) is 1. The van der Waals surface area contributed by atoms with Gasteiger partial charge in [-0.2, -0.15) is 0 Å². The normalized spacial score (nSPS) is 10.6. The lowest BCUT2D eigenvalue weighted by atomic mass is 10.3. The van der Waals surface area contributed by atoms with Gasteiger partial charge in [0.1, 0.15) is 11.3 Å². The van der Waals surface area contributed by atoms with Crippen molar-refractivity contribution in [3.8, 4) is 0 Å². The Hall–Kier alpha value is -1.93. The van der Waals surface area contributed by atoms with E-state index in [1.807, 2.05) is 6.92 Å². The van der Waals surface area contributed by atoms with Crippen molar-refractivity contribution >= 4 is 35.8 Å². The van der Waals surface area contributed by atoms with Crippen LogP contribution in [0.15, 0.2) is 18.3 Å². The Morgan fingerprint density at radius 3 is 2.95 bits per heavy atom. The summed E-state index contributed by atoms with van der Waals surface area (Å²) in [4.78, 5) is 24.7. The van der Waals surface area contributed by atoms with Gasteiger partial charge in [-0.25, -0.2) is 14.8 Å². The van der Waals surface area contributed by atoms with E-state index >= 15 is 0 Å². The van der Waals surface area contributed by atoms with Crippen LogP contribution in [0.25, 0.3) is 11.2 Å². The summed E-state index contributed by atoms with van der Waals surface area (Å²) in [5.41, 5.74) is 1.96. The van der Waals surface area contributed by atoms with Crippen molar-refractivity contribution < 1.29 is 9.53 Å². The topological polar surface area (TPSA) is 80.2 Å². The fourth-order valence-electron chi connectivity index (χ4n) is 1.65. The second-order valence-electron chi connectivity index (χ2n) is 4.29. The molecule has 7 nitrogen and oxygen atoms in total. The minimum atomic E-state index is -0.337. The highest BCUT2D eigenvalue weighted by atomic mass is 32.1. The molecule has 0 aliphatic rings. The van der Waals surface area contributed by atoms with E-state index in [4.69, 9.17) is 4.74 Å². The smallest absolute Gasteiger partial charge is 0.332 e. The molecular weight excluding hydrogens is 290 g/mol. The van der Waals surface area contributed by atoms with E-state index in [-0.39, 0.29) is 6.03 Å². The summed E-state index contributed by atoms with van der Waals surface area (Å²) in [6.45, 7) is 2.89. The predicted molar refractivity (Wildman–Crippen MR) is 83.3 cm³/mol. The van der Waals surface area contributed by atoms with Crippen LogP contribution in [0.3, 0.4) is 0 Å². The summed E-state index contributed by atoms with van der Waals surface area (Å²) >= 11 is 4.04. The van der Waals surface area contributed by atoms with Gasteiger partial charge in [0.05, 0.1) is 12.3 Å². The fourth-order valence-corrected chi connectivity index (χ4v) is 1.70. The molecule has 21 heavy (non-hydrogen) atoms. The van der Waals surface area contributed by atoms with Crippen molar-refractivity contribution in [2.75, 3.05) is 25.6 Å². The molecule has 0 bridgehead atoms. The third-order valence-electron chi connectivity index (χ3n) is 2.79. The Kier molecular flexibility index (Phi) is 5.29. The van der Waals surface area contributed by atoms with Crippen LogP contribution in [-0.2, 0) is 11.2 Å². The number of amides is 2. The maximum absolute atomic E-state index is 11.7. The number of aromatic nitrogens is 3. The molecule has 2 rings (SSSR count). The van der Waals surface area contributed by atoms with E-state index in [9.17, 15) is 4.79 Å². The molecule has 0 saturated heterocycles. The zero-order chi connectivity index (χ0) is 15.2. The number of anilines is 1. The zero-order valence-corrected chi connectivity index (χ0v) is 12.8. The summed E-state index contributed by atoms with van der Waals surface area (Å²) in [6.07, 6.45) is 2.37. The molecule has 2 aromatic heterocycles. The van der Waals surface area contributed by atoms with Crippen molar-refractivity contribution in [3.05, 3.63) is 24.0 Å². The Balaban J connectivity index is 2.20. The number of carbonyl (C=O) groups is 1. The molecule has 8 heteroatoms. The van der Waals surface area contributed by atoms with Crippen molar-refractivity contribution in [2.45, 2.75) is 13.3 Å². The SMILES string of the molecule is CCN(S)C(=O)Nc1ccc2ncc(CCOC)nc2n1. The van der Waals surface area contributed by atoms with E-state index < -0.39 is 0 Å². The van der Waals surface area contributed by atoms with Crippen LogP contribution in [0.1, 0.15) is 12.6 Å². The first-order valence-electron chi connectivity index (χ1n) is 6.53. The first kappa shape index (κ1) is 15.5. The highest BCUT2D eigenvalue weighted by Gasteiger charge is 2.09. The Morgan fingerprint density at radius 2 is 2.24 bits per heavy atom. The average molecular weight is 307 g/mol. The lowest BCUT2D eigenvalue weighted by Crippen LogP contribution is -2.27. The molecule has 112 valence electrons. The molecule has 2 amide bonds. The summed E-state index contributed by atoms with van der Waals surface area (Å²) < 4.78 is 6.27. The number of nitrogens with one attached hydrogen (secondary N) is 1. The predicted octanol–water partition coefficient (Wildman–Crippen LogP) is 1.91. The molecule has 0 radical (unpaired) electrons. The Labute approximate surface area is 128 Å².